The highest BCUT2D eigenvalue weighted by Gasteiger charge is 2.30. The van der Waals surface area contributed by atoms with Crippen LogP contribution >= 0.6 is 0 Å². The maximum atomic E-state index is 12.8. The van der Waals surface area contributed by atoms with E-state index in [1.165, 1.54) is 18.6 Å². The van der Waals surface area contributed by atoms with Gasteiger partial charge in [0.1, 0.15) is 11.6 Å². The van der Waals surface area contributed by atoms with E-state index in [0.29, 0.717) is 12.5 Å². The van der Waals surface area contributed by atoms with Crippen LogP contribution in [0.5, 0.6) is 0 Å². The van der Waals surface area contributed by atoms with Crippen molar-refractivity contribution < 1.29 is 14.3 Å². The molecule has 5 nitrogen and oxygen atoms in total. The number of anilines is 1. The molecular formula is C24H24N2O3. The molecule has 148 valence electrons. The number of amides is 1. The van der Waals surface area contributed by atoms with E-state index in [1.54, 1.807) is 4.90 Å². The molecule has 29 heavy (non-hydrogen) atoms. The third kappa shape index (κ3) is 4.55. The zero-order valence-corrected chi connectivity index (χ0v) is 16.9. The van der Waals surface area contributed by atoms with Crippen LogP contribution in [0.4, 0.5) is 5.69 Å². The van der Waals surface area contributed by atoms with E-state index in [-0.39, 0.29) is 11.5 Å². The van der Waals surface area contributed by atoms with Gasteiger partial charge in [-0.1, -0.05) is 56.3 Å². The summed E-state index contributed by atoms with van der Waals surface area (Å²) in [5.41, 5.74) is 3.72. The number of nitrogens with zero attached hydrogens (tertiary/aromatic N) is 2. The molecule has 0 N–H and O–H groups in total. The highest BCUT2D eigenvalue weighted by molar-refractivity contribution is 6.02. The summed E-state index contributed by atoms with van der Waals surface area (Å²) in [6, 6.07) is 17.2. The average Bonchev–Trinajstić information content (AvgIpc) is 3.15. The maximum absolute atomic E-state index is 12.8. The fraction of sp³-hybridized carbons (Fsp3) is 0.292. The maximum Gasteiger partial charge on any atom is 0.349 e. The predicted molar refractivity (Wildman–Crippen MR) is 112 cm³/mol. The number of fused-ring (bicyclic) bond motifs is 1. The van der Waals surface area contributed by atoms with Crippen molar-refractivity contribution in [3.05, 3.63) is 70.8 Å². The molecule has 1 atom stereocenters. The Labute approximate surface area is 171 Å². The fourth-order valence-corrected chi connectivity index (χ4v) is 3.34. The summed E-state index contributed by atoms with van der Waals surface area (Å²) in [5, 5.41) is 9.38. The van der Waals surface area contributed by atoms with Crippen molar-refractivity contribution in [2.24, 2.45) is 0 Å². The van der Waals surface area contributed by atoms with E-state index in [1.807, 2.05) is 54.6 Å². The second kappa shape index (κ2) is 8.74. The molecule has 5 heteroatoms. The van der Waals surface area contributed by atoms with Crippen LogP contribution in [0.3, 0.4) is 0 Å². The Kier molecular flexibility index (Phi) is 6.13. The van der Waals surface area contributed by atoms with Crippen molar-refractivity contribution in [3.8, 4) is 6.07 Å². The molecule has 1 aliphatic rings. The van der Waals surface area contributed by atoms with Crippen molar-refractivity contribution in [1.29, 1.82) is 5.26 Å². The molecule has 1 amide bonds. The summed E-state index contributed by atoms with van der Waals surface area (Å²) < 4.78 is 5.31. The quantitative estimate of drug-likeness (QED) is 0.436. The number of benzene rings is 2. The summed E-state index contributed by atoms with van der Waals surface area (Å²) in [7, 11) is 0. The molecule has 0 fully saturated rings. The molecule has 0 saturated carbocycles. The number of rotatable bonds is 5. The lowest BCUT2D eigenvalue weighted by atomic mass is 10.0. The Bertz CT molecular complexity index is 984. The predicted octanol–water partition coefficient (Wildman–Crippen LogP) is 4.24. The van der Waals surface area contributed by atoms with Crippen LogP contribution in [0.1, 0.15) is 43.4 Å². The van der Waals surface area contributed by atoms with Crippen molar-refractivity contribution in [3.63, 3.8) is 0 Å². The molecule has 0 bridgehead atoms. The van der Waals surface area contributed by atoms with Crippen molar-refractivity contribution in [2.45, 2.75) is 39.2 Å². The van der Waals surface area contributed by atoms with E-state index in [2.05, 4.69) is 13.8 Å². The third-order valence-corrected chi connectivity index (χ3v) is 5.04. The average molecular weight is 388 g/mol. The van der Waals surface area contributed by atoms with Crippen LogP contribution in [-0.2, 0) is 20.7 Å². The second-order valence-electron chi connectivity index (χ2n) is 7.41. The van der Waals surface area contributed by atoms with Gasteiger partial charge in [-0.2, -0.15) is 5.26 Å². The number of hydrogen-bond donors (Lipinski definition) is 0. The van der Waals surface area contributed by atoms with Crippen LogP contribution in [0.15, 0.2) is 54.1 Å². The number of carbonyl (C=O) groups excluding carboxylic acids is 2. The summed E-state index contributed by atoms with van der Waals surface area (Å²) in [6.07, 6.45) is 1.28. The lowest BCUT2D eigenvalue weighted by molar-refractivity contribution is -0.149. The number of nitriles is 1. The number of esters is 1. The lowest BCUT2D eigenvalue weighted by Crippen LogP contribution is -2.39. The van der Waals surface area contributed by atoms with Gasteiger partial charge in [0.2, 0.25) is 0 Å². The SMILES string of the molecule is CC(C)c1ccc(/C=C(\C#N)C(=O)O[C@H](C)C(=O)N2CCc3ccccc32)cc1. The number of para-hydroxylation sites is 1. The van der Waals surface area contributed by atoms with Crippen LogP contribution < -0.4 is 4.90 Å². The minimum Gasteiger partial charge on any atom is -0.448 e. The molecule has 0 aromatic heterocycles. The molecule has 0 spiro atoms. The van der Waals surface area contributed by atoms with Crippen molar-refractivity contribution in [1.82, 2.24) is 0 Å². The molecule has 1 heterocycles. The fourth-order valence-electron chi connectivity index (χ4n) is 3.34. The van der Waals surface area contributed by atoms with E-state index in [0.717, 1.165) is 23.2 Å². The van der Waals surface area contributed by atoms with Gasteiger partial charge in [0.05, 0.1) is 0 Å². The van der Waals surface area contributed by atoms with E-state index in [9.17, 15) is 14.9 Å². The molecule has 3 rings (SSSR count). The summed E-state index contributed by atoms with van der Waals surface area (Å²) in [4.78, 5) is 26.8. The van der Waals surface area contributed by atoms with Gasteiger partial charge >= 0.3 is 5.97 Å². The zero-order valence-electron chi connectivity index (χ0n) is 16.9. The monoisotopic (exact) mass is 388 g/mol. The molecule has 0 unspecified atom stereocenters. The Hall–Kier alpha value is -3.39. The van der Waals surface area contributed by atoms with Gasteiger partial charge in [-0.15, -0.1) is 0 Å². The lowest BCUT2D eigenvalue weighted by Gasteiger charge is -2.21. The van der Waals surface area contributed by atoms with Crippen molar-refractivity contribution in [2.75, 3.05) is 11.4 Å². The smallest absolute Gasteiger partial charge is 0.349 e. The van der Waals surface area contributed by atoms with Gasteiger partial charge in [-0.25, -0.2) is 4.79 Å². The number of ether oxygens (including phenoxy) is 1. The van der Waals surface area contributed by atoms with Crippen LogP contribution in [0, 0.1) is 11.3 Å². The van der Waals surface area contributed by atoms with Gasteiger partial charge in [0.25, 0.3) is 5.91 Å². The molecule has 0 aliphatic carbocycles. The Morgan fingerprint density at radius 1 is 1.10 bits per heavy atom. The van der Waals surface area contributed by atoms with E-state index >= 15 is 0 Å². The third-order valence-electron chi connectivity index (χ3n) is 5.04. The normalized spacial score (nSPS) is 14.3. The molecule has 2 aromatic carbocycles. The van der Waals surface area contributed by atoms with E-state index in [4.69, 9.17) is 4.74 Å². The van der Waals surface area contributed by atoms with Gasteiger partial charge in [0.15, 0.2) is 6.10 Å². The molecular weight excluding hydrogens is 364 g/mol. The van der Waals surface area contributed by atoms with Crippen LogP contribution in [0.2, 0.25) is 0 Å². The second-order valence-corrected chi connectivity index (χ2v) is 7.41. The standard InChI is InChI=1S/C24H24N2O3/c1-16(2)19-10-8-18(9-11-19)14-21(15-25)24(28)29-17(3)23(27)26-13-12-20-6-4-5-7-22(20)26/h4-11,14,16-17H,12-13H2,1-3H3/b21-14+/t17-/m1/s1. The van der Waals surface area contributed by atoms with Crippen LogP contribution in [-0.4, -0.2) is 24.5 Å². The Morgan fingerprint density at radius 2 is 1.79 bits per heavy atom. The topological polar surface area (TPSA) is 70.4 Å². The first kappa shape index (κ1) is 20.3. The molecule has 0 saturated heterocycles. The minimum absolute atomic E-state index is 0.135. The first-order chi connectivity index (χ1) is 13.9. The molecule has 2 aromatic rings. The largest absolute Gasteiger partial charge is 0.448 e. The molecule has 0 radical (unpaired) electrons. The summed E-state index contributed by atoms with van der Waals surface area (Å²) >= 11 is 0. The Balaban J connectivity index is 1.69. The number of carbonyl (C=O) groups is 2. The zero-order chi connectivity index (χ0) is 21.0. The summed E-state index contributed by atoms with van der Waals surface area (Å²) in [6.45, 7) is 6.29. The first-order valence-corrected chi connectivity index (χ1v) is 9.72. The molecule has 1 aliphatic heterocycles. The highest BCUT2D eigenvalue weighted by Crippen LogP contribution is 2.28. The van der Waals surface area contributed by atoms with Gasteiger partial charge in [-0.3, -0.25) is 4.79 Å². The van der Waals surface area contributed by atoms with Gasteiger partial charge in [-0.05, 0) is 48.1 Å². The minimum atomic E-state index is -0.978. The van der Waals surface area contributed by atoms with Gasteiger partial charge < -0.3 is 9.64 Å². The number of hydrogen-bond acceptors (Lipinski definition) is 4. The summed E-state index contributed by atoms with van der Waals surface area (Å²) in [5.74, 6) is -0.688. The first-order valence-electron chi connectivity index (χ1n) is 9.72. The van der Waals surface area contributed by atoms with Crippen molar-refractivity contribution >= 4 is 23.6 Å². The highest BCUT2D eigenvalue weighted by atomic mass is 16.5. The van der Waals surface area contributed by atoms with Gasteiger partial charge in [0, 0.05) is 12.2 Å². The van der Waals surface area contributed by atoms with Crippen LogP contribution in [0.25, 0.3) is 6.08 Å². The van der Waals surface area contributed by atoms with E-state index < -0.39 is 12.1 Å². The Morgan fingerprint density at radius 3 is 2.45 bits per heavy atom.